The zero-order valence-electron chi connectivity index (χ0n) is 8.79. The van der Waals surface area contributed by atoms with Crippen molar-refractivity contribution < 1.29 is 4.39 Å². The fourth-order valence-corrected chi connectivity index (χ4v) is 1.57. The summed E-state index contributed by atoms with van der Waals surface area (Å²) in [4.78, 5) is 0. The lowest BCUT2D eigenvalue weighted by Gasteiger charge is -2.08. The van der Waals surface area contributed by atoms with Gasteiger partial charge in [0.1, 0.15) is 5.82 Å². The molecule has 2 aromatic rings. The molecule has 0 aliphatic rings. The smallest absolute Gasteiger partial charge is 0.126 e. The second-order valence-corrected chi connectivity index (χ2v) is 3.86. The van der Waals surface area contributed by atoms with E-state index in [-0.39, 0.29) is 11.7 Å². The number of rotatable bonds is 2. The van der Waals surface area contributed by atoms with Crippen LogP contribution in [-0.2, 0) is 0 Å². The first-order chi connectivity index (χ1) is 7.18. The predicted molar refractivity (Wildman–Crippen MR) is 58.1 cm³/mol. The molecule has 0 saturated heterocycles. The molecule has 78 valence electrons. The van der Waals surface area contributed by atoms with Crippen LogP contribution in [-0.4, -0.2) is 10.2 Å². The molecule has 0 aliphatic carbocycles. The molecule has 15 heavy (non-hydrogen) atoms. The van der Waals surface area contributed by atoms with E-state index in [0.29, 0.717) is 0 Å². The van der Waals surface area contributed by atoms with Gasteiger partial charge in [0.25, 0.3) is 0 Å². The Morgan fingerprint density at radius 1 is 1.27 bits per heavy atom. The van der Waals surface area contributed by atoms with Gasteiger partial charge in [0, 0.05) is 11.8 Å². The van der Waals surface area contributed by atoms with Crippen molar-refractivity contribution in [2.24, 2.45) is 0 Å². The highest BCUT2D eigenvalue weighted by molar-refractivity contribution is 5.59. The molecule has 1 heterocycles. The first-order valence-electron chi connectivity index (χ1n) is 4.97. The number of H-pyrrole nitrogens is 1. The monoisotopic (exact) mass is 204 g/mol. The summed E-state index contributed by atoms with van der Waals surface area (Å²) in [5, 5.41) is 6.74. The third-order valence-corrected chi connectivity index (χ3v) is 2.43. The molecule has 0 spiro atoms. The van der Waals surface area contributed by atoms with Gasteiger partial charge in [-0.2, -0.15) is 5.10 Å². The Morgan fingerprint density at radius 3 is 2.67 bits per heavy atom. The summed E-state index contributed by atoms with van der Waals surface area (Å²) in [6.07, 6.45) is 1.69. The van der Waals surface area contributed by atoms with E-state index in [1.54, 1.807) is 12.3 Å². The van der Waals surface area contributed by atoms with Crippen molar-refractivity contribution in [3.63, 3.8) is 0 Å². The van der Waals surface area contributed by atoms with E-state index in [0.717, 1.165) is 16.8 Å². The van der Waals surface area contributed by atoms with Gasteiger partial charge in [-0.25, -0.2) is 4.39 Å². The Hall–Kier alpha value is -1.64. The van der Waals surface area contributed by atoms with Gasteiger partial charge in [-0.05, 0) is 35.7 Å². The number of aromatic nitrogens is 2. The predicted octanol–water partition coefficient (Wildman–Crippen LogP) is 3.34. The number of halogens is 1. The zero-order valence-corrected chi connectivity index (χ0v) is 8.79. The topological polar surface area (TPSA) is 28.7 Å². The number of aromatic amines is 1. The van der Waals surface area contributed by atoms with E-state index < -0.39 is 0 Å². The minimum absolute atomic E-state index is 0.145. The Morgan fingerprint density at radius 2 is 2.07 bits per heavy atom. The van der Waals surface area contributed by atoms with Crippen LogP contribution in [0.5, 0.6) is 0 Å². The average molecular weight is 204 g/mol. The zero-order chi connectivity index (χ0) is 10.8. The number of hydrogen-bond acceptors (Lipinski definition) is 1. The Labute approximate surface area is 88.1 Å². The van der Waals surface area contributed by atoms with Gasteiger partial charge in [0.2, 0.25) is 0 Å². The Kier molecular flexibility index (Phi) is 2.54. The molecule has 0 saturated carbocycles. The second kappa shape index (κ2) is 3.85. The van der Waals surface area contributed by atoms with Crippen molar-refractivity contribution >= 4 is 0 Å². The second-order valence-electron chi connectivity index (χ2n) is 3.86. The molecule has 1 aromatic heterocycles. The lowest BCUT2D eigenvalue weighted by Crippen LogP contribution is -1.93. The van der Waals surface area contributed by atoms with Crippen LogP contribution in [0.1, 0.15) is 25.3 Å². The van der Waals surface area contributed by atoms with Gasteiger partial charge >= 0.3 is 0 Å². The van der Waals surface area contributed by atoms with Crippen LogP contribution >= 0.6 is 0 Å². The van der Waals surface area contributed by atoms with Gasteiger partial charge < -0.3 is 0 Å². The highest BCUT2D eigenvalue weighted by Gasteiger charge is 2.08. The van der Waals surface area contributed by atoms with E-state index in [1.165, 1.54) is 6.07 Å². The maximum absolute atomic E-state index is 13.4. The molecule has 0 amide bonds. The summed E-state index contributed by atoms with van der Waals surface area (Å²) < 4.78 is 13.4. The maximum Gasteiger partial charge on any atom is 0.126 e. The third kappa shape index (κ3) is 1.91. The standard InChI is InChI=1S/C12H13FN2/c1-8(2)10-7-9(3-4-11(10)13)12-5-6-14-15-12/h3-8H,1-2H3,(H,14,15). The SMILES string of the molecule is CC(C)c1cc(-c2ccn[nH]2)ccc1F. The highest BCUT2D eigenvalue weighted by atomic mass is 19.1. The number of nitrogens with zero attached hydrogens (tertiary/aromatic N) is 1. The van der Waals surface area contributed by atoms with Crippen LogP contribution < -0.4 is 0 Å². The van der Waals surface area contributed by atoms with E-state index in [1.807, 2.05) is 26.0 Å². The minimum atomic E-state index is -0.145. The highest BCUT2D eigenvalue weighted by Crippen LogP contribution is 2.24. The van der Waals surface area contributed by atoms with Gasteiger partial charge in [-0.3, -0.25) is 5.10 Å². The van der Waals surface area contributed by atoms with E-state index in [4.69, 9.17) is 0 Å². The molecule has 0 radical (unpaired) electrons. The summed E-state index contributed by atoms with van der Waals surface area (Å²) >= 11 is 0. The molecule has 0 fully saturated rings. The van der Waals surface area contributed by atoms with Crippen molar-refractivity contribution in [2.45, 2.75) is 19.8 Å². The van der Waals surface area contributed by atoms with Crippen molar-refractivity contribution in [1.82, 2.24) is 10.2 Å². The van der Waals surface area contributed by atoms with Gasteiger partial charge in [-0.15, -0.1) is 0 Å². The molecule has 1 N–H and O–H groups in total. The van der Waals surface area contributed by atoms with E-state index in [9.17, 15) is 4.39 Å². The summed E-state index contributed by atoms with van der Waals surface area (Å²) in [7, 11) is 0. The van der Waals surface area contributed by atoms with Crippen LogP contribution in [0.25, 0.3) is 11.3 Å². The minimum Gasteiger partial charge on any atom is -0.278 e. The average Bonchev–Trinajstić information content (AvgIpc) is 2.71. The van der Waals surface area contributed by atoms with Gasteiger partial charge in [0.15, 0.2) is 0 Å². The van der Waals surface area contributed by atoms with Crippen LogP contribution in [0.15, 0.2) is 30.5 Å². The summed E-state index contributed by atoms with van der Waals surface area (Å²) in [5.74, 6) is 0.0427. The number of benzene rings is 1. The molecule has 2 nitrogen and oxygen atoms in total. The van der Waals surface area contributed by atoms with Crippen molar-refractivity contribution in [3.05, 3.63) is 41.8 Å². The molecule has 2 rings (SSSR count). The number of hydrogen-bond donors (Lipinski definition) is 1. The summed E-state index contributed by atoms with van der Waals surface area (Å²) in [5.41, 5.74) is 2.62. The van der Waals surface area contributed by atoms with Crippen LogP contribution in [0, 0.1) is 5.82 Å². The summed E-state index contributed by atoms with van der Waals surface area (Å²) in [6.45, 7) is 3.96. The fraction of sp³-hybridized carbons (Fsp3) is 0.250. The lowest BCUT2D eigenvalue weighted by atomic mass is 9.99. The molecule has 1 aromatic carbocycles. The van der Waals surface area contributed by atoms with Gasteiger partial charge in [0.05, 0.1) is 5.69 Å². The van der Waals surface area contributed by atoms with Crippen molar-refractivity contribution in [1.29, 1.82) is 0 Å². The van der Waals surface area contributed by atoms with Crippen LogP contribution in [0.2, 0.25) is 0 Å². The van der Waals surface area contributed by atoms with E-state index >= 15 is 0 Å². The molecule has 0 aliphatic heterocycles. The van der Waals surface area contributed by atoms with Crippen LogP contribution in [0.3, 0.4) is 0 Å². The fourth-order valence-electron chi connectivity index (χ4n) is 1.57. The lowest BCUT2D eigenvalue weighted by molar-refractivity contribution is 0.598. The van der Waals surface area contributed by atoms with E-state index in [2.05, 4.69) is 10.2 Å². The van der Waals surface area contributed by atoms with Crippen molar-refractivity contribution in [3.8, 4) is 11.3 Å². The molecular weight excluding hydrogens is 191 g/mol. The maximum atomic E-state index is 13.4. The molecule has 0 bridgehead atoms. The summed E-state index contributed by atoms with van der Waals surface area (Å²) in [6, 6.07) is 7.01. The quantitative estimate of drug-likeness (QED) is 0.798. The first-order valence-corrected chi connectivity index (χ1v) is 4.97. The molecule has 0 unspecified atom stereocenters. The van der Waals surface area contributed by atoms with Crippen LogP contribution in [0.4, 0.5) is 4.39 Å². The molecule has 3 heteroatoms. The molecular formula is C12H13FN2. The first kappa shape index (κ1) is 9.90. The van der Waals surface area contributed by atoms with Crippen molar-refractivity contribution in [2.75, 3.05) is 0 Å². The van der Waals surface area contributed by atoms with Gasteiger partial charge in [-0.1, -0.05) is 13.8 Å². The molecule has 0 atom stereocenters. The number of nitrogens with one attached hydrogen (secondary N) is 1. The normalized spacial score (nSPS) is 10.9. The Bertz CT molecular complexity index is 447. The third-order valence-electron chi connectivity index (χ3n) is 2.43. The Balaban J connectivity index is 2.48. The largest absolute Gasteiger partial charge is 0.278 e.